The van der Waals surface area contributed by atoms with Gasteiger partial charge in [-0.2, -0.15) is 0 Å². The summed E-state index contributed by atoms with van der Waals surface area (Å²) in [6, 6.07) is 2.02. The van der Waals surface area contributed by atoms with Crippen LogP contribution in [-0.4, -0.2) is 24.1 Å². The smallest absolute Gasteiger partial charge is 0.160 e. The summed E-state index contributed by atoms with van der Waals surface area (Å²) in [4.78, 5) is 9.11. The van der Waals surface area contributed by atoms with E-state index in [1.165, 1.54) is 6.42 Å². The summed E-state index contributed by atoms with van der Waals surface area (Å²) in [5.74, 6) is 0.853. The highest BCUT2D eigenvalue weighted by atomic mass is 16.5. The lowest BCUT2D eigenvalue weighted by Gasteiger charge is -2.39. The predicted molar refractivity (Wildman–Crippen MR) is 62.1 cm³/mol. The van der Waals surface area contributed by atoms with E-state index < -0.39 is 0 Å². The number of aromatic nitrogens is 2. The van der Waals surface area contributed by atoms with Gasteiger partial charge in [-0.25, -0.2) is 9.97 Å². The van der Waals surface area contributed by atoms with Crippen molar-refractivity contribution in [1.82, 2.24) is 15.3 Å². The van der Waals surface area contributed by atoms with E-state index in [-0.39, 0.29) is 5.60 Å². The standard InChI is InChI=1S/C12H19N3O/c1-9-7-10(8-13-2)15-11(14-9)12(16-3)5-4-6-12/h7,13H,4-6,8H2,1-3H3. The molecule has 0 spiro atoms. The van der Waals surface area contributed by atoms with Crippen LogP contribution >= 0.6 is 0 Å². The van der Waals surface area contributed by atoms with Crippen molar-refractivity contribution in [2.45, 2.75) is 38.3 Å². The van der Waals surface area contributed by atoms with E-state index in [2.05, 4.69) is 15.3 Å². The fraction of sp³-hybridized carbons (Fsp3) is 0.667. The molecule has 1 aliphatic rings. The molecule has 1 heterocycles. The Bertz CT molecular complexity index is 369. The second-order valence-electron chi connectivity index (χ2n) is 4.41. The summed E-state index contributed by atoms with van der Waals surface area (Å²) in [7, 11) is 3.68. The quantitative estimate of drug-likeness (QED) is 0.837. The van der Waals surface area contributed by atoms with Gasteiger partial charge in [-0.15, -0.1) is 0 Å². The van der Waals surface area contributed by atoms with Crippen molar-refractivity contribution in [1.29, 1.82) is 0 Å². The van der Waals surface area contributed by atoms with E-state index in [1.807, 2.05) is 20.0 Å². The Kier molecular flexibility index (Phi) is 3.21. The van der Waals surface area contributed by atoms with Gasteiger partial charge in [0, 0.05) is 19.3 Å². The second-order valence-corrected chi connectivity index (χ2v) is 4.41. The van der Waals surface area contributed by atoms with E-state index in [0.717, 1.165) is 36.6 Å². The summed E-state index contributed by atoms with van der Waals surface area (Å²) >= 11 is 0. The number of aryl methyl sites for hydroxylation is 1. The minimum atomic E-state index is -0.214. The molecule has 4 heteroatoms. The van der Waals surface area contributed by atoms with Crippen LogP contribution < -0.4 is 5.32 Å². The van der Waals surface area contributed by atoms with Crippen molar-refractivity contribution >= 4 is 0 Å². The lowest BCUT2D eigenvalue weighted by molar-refractivity contribution is -0.0849. The van der Waals surface area contributed by atoms with E-state index in [0.29, 0.717) is 0 Å². The number of hydrogen-bond acceptors (Lipinski definition) is 4. The van der Waals surface area contributed by atoms with Crippen LogP contribution in [0.1, 0.15) is 36.5 Å². The molecule has 4 nitrogen and oxygen atoms in total. The topological polar surface area (TPSA) is 47.0 Å². The molecule has 0 atom stereocenters. The number of nitrogens with zero attached hydrogens (tertiary/aromatic N) is 2. The van der Waals surface area contributed by atoms with Crippen molar-refractivity contribution in [2.75, 3.05) is 14.2 Å². The summed E-state index contributed by atoms with van der Waals surface area (Å²) in [5, 5.41) is 3.11. The van der Waals surface area contributed by atoms with E-state index in [9.17, 15) is 0 Å². The molecule has 1 saturated carbocycles. The Morgan fingerprint density at radius 1 is 1.44 bits per heavy atom. The van der Waals surface area contributed by atoms with Crippen LogP contribution in [0.25, 0.3) is 0 Å². The van der Waals surface area contributed by atoms with Crippen LogP contribution in [0.15, 0.2) is 6.07 Å². The third-order valence-corrected chi connectivity index (χ3v) is 3.22. The normalized spacial score (nSPS) is 18.2. The molecule has 0 amide bonds. The second kappa shape index (κ2) is 4.47. The minimum Gasteiger partial charge on any atom is -0.370 e. The molecule has 1 N–H and O–H groups in total. The van der Waals surface area contributed by atoms with Crippen LogP contribution in [0.3, 0.4) is 0 Å². The summed E-state index contributed by atoms with van der Waals surface area (Å²) in [5.41, 5.74) is 1.83. The van der Waals surface area contributed by atoms with Crippen molar-refractivity contribution in [3.8, 4) is 0 Å². The lowest BCUT2D eigenvalue weighted by atomic mass is 9.79. The van der Waals surface area contributed by atoms with Crippen LogP contribution in [-0.2, 0) is 16.9 Å². The number of ether oxygens (including phenoxy) is 1. The molecule has 0 radical (unpaired) electrons. The van der Waals surface area contributed by atoms with Crippen LogP contribution in [0.4, 0.5) is 0 Å². The molecule has 0 unspecified atom stereocenters. The summed E-state index contributed by atoms with van der Waals surface area (Å²) < 4.78 is 5.60. The average Bonchev–Trinajstić information content (AvgIpc) is 2.16. The Hall–Kier alpha value is -1.00. The van der Waals surface area contributed by atoms with Crippen LogP contribution in [0.2, 0.25) is 0 Å². The molecule has 88 valence electrons. The monoisotopic (exact) mass is 221 g/mol. The van der Waals surface area contributed by atoms with Gasteiger partial charge in [-0.1, -0.05) is 0 Å². The zero-order valence-electron chi connectivity index (χ0n) is 10.2. The first-order valence-corrected chi connectivity index (χ1v) is 5.75. The fourth-order valence-corrected chi connectivity index (χ4v) is 2.13. The average molecular weight is 221 g/mol. The Morgan fingerprint density at radius 3 is 2.69 bits per heavy atom. The molecule has 0 saturated heterocycles. The van der Waals surface area contributed by atoms with Crippen LogP contribution in [0, 0.1) is 6.92 Å². The van der Waals surface area contributed by atoms with E-state index in [1.54, 1.807) is 7.11 Å². The minimum absolute atomic E-state index is 0.214. The van der Waals surface area contributed by atoms with Gasteiger partial charge in [0.15, 0.2) is 5.82 Å². The van der Waals surface area contributed by atoms with Crippen molar-refractivity contribution < 1.29 is 4.74 Å². The van der Waals surface area contributed by atoms with Gasteiger partial charge in [0.2, 0.25) is 0 Å². The molecule has 1 aliphatic carbocycles. The van der Waals surface area contributed by atoms with Gasteiger partial charge in [0.05, 0.1) is 5.69 Å². The third-order valence-electron chi connectivity index (χ3n) is 3.22. The number of nitrogens with one attached hydrogen (secondary N) is 1. The highest BCUT2D eigenvalue weighted by molar-refractivity contribution is 5.16. The maximum absolute atomic E-state index is 5.60. The first kappa shape index (κ1) is 11.5. The molecule has 0 aliphatic heterocycles. The molecule has 0 aromatic carbocycles. The van der Waals surface area contributed by atoms with Gasteiger partial charge in [0.1, 0.15) is 5.60 Å². The van der Waals surface area contributed by atoms with Crippen molar-refractivity contribution in [2.24, 2.45) is 0 Å². The highest BCUT2D eigenvalue weighted by Crippen LogP contribution is 2.42. The first-order valence-electron chi connectivity index (χ1n) is 5.75. The van der Waals surface area contributed by atoms with Crippen molar-refractivity contribution in [3.05, 3.63) is 23.3 Å². The van der Waals surface area contributed by atoms with E-state index >= 15 is 0 Å². The molecule has 0 bridgehead atoms. The van der Waals surface area contributed by atoms with Gasteiger partial charge in [-0.3, -0.25) is 0 Å². The molecule has 1 fully saturated rings. The number of rotatable bonds is 4. The summed E-state index contributed by atoms with van der Waals surface area (Å²) in [6.45, 7) is 2.78. The van der Waals surface area contributed by atoms with Gasteiger partial charge >= 0.3 is 0 Å². The molecule has 1 aromatic heterocycles. The SMILES string of the molecule is CNCc1cc(C)nc(C2(OC)CCC2)n1. The fourth-order valence-electron chi connectivity index (χ4n) is 2.13. The number of methoxy groups -OCH3 is 1. The maximum atomic E-state index is 5.60. The first-order chi connectivity index (χ1) is 7.70. The highest BCUT2D eigenvalue weighted by Gasteiger charge is 2.41. The van der Waals surface area contributed by atoms with E-state index in [4.69, 9.17) is 4.74 Å². The lowest BCUT2D eigenvalue weighted by Crippen LogP contribution is -2.38. The molecular formula is C12H19N3O. The molecule has 1 aromatic rings. The molecule has 16 heavy (non-hydrogen) atoms. The zero-order chi connectivity index (χ0) is 11.6. The molecular weight excluding hydrogens is 202 g/mol. The summed E-state index contributed by atoms with van der Waals surface area (Å²) in [6.07, 6.45) is 3.27. The maximum Gasteiger partial charge on any atom is 0.160 e. The Balaban J connectivity index is 2.32. The van der Waals surface area contributed by atoms with Gasteiger partial charge in [-0.05, 0) is 39.3 Å². The molecule has 2 rings (SSSR count). The number of hydrogen-bond donors (Lipinski definition) is 1. The largest absolute Gasteiger partial charge is 0.370 e. The zero-order valence-corrected chi connectivity index (χ0v) is 10.2. The van der Waals surface area contributed by atoms with Gasteiger partial charge in [0.25, 0.3) is 0 Å². The Labute approximate surface area is 96.4 Å². The third kappa shape index (κ3) is 1.95. The van der Waals surface area contributed by atoms with Gasteiger partial charge < -0.3 is 10.1 Å². The van der Waals surface area contributed by atoms with Crippen molar-refractivity contribution in [3.63, 3.8) is 0 Å². The predicted octanol–water partition coefficient (Wildman–Crippen LogP) is 1.53. The Morgan fingerprint density at radius 2 is 2.19 bits per heavy atom. The van der Waals surface area contributed by atoms with Crippen LogP contribution in [0.5, 0.6) is 0 Å².